The first-order valence-electron chi connectivity index (χ1n) is 3.72. The van der Waals surface area contributed by atoms with Crippen molar-refractivity contribution in [1.82, 2.24) is 5.32 Å². The first kappa shape index (κ1) is 6.67. The number of fused-ring (bicyclic) bond motifs is 1. The lowest BCUT2D eigenvalue weighted by Gasteiger charge is -2.22. The van der Waals surface area contributed by atoms with Gasteiger partial charge in [0.1, 0.15) is 0 Å². The van der Waals surface area contributed by atoms with E-state index in [4.69, 9.17) is 0 Å². The summed E-state index contributed by atoms with van der Waals surface area (Å²) in [4.78, 5) is 18.2. The number of rotatable bonds is 0. The van der Waals surface area contributed by atoms with Crippen molar-refractivity contribution in [2.75, 3.05) is 13.1 Å². The largest absolute Gasteiger partial charge is 0.366 e. The molecule has 1 saturated heterocycles. The van der Waals surface area contributed by atoms with Crippen LogP contribution in [0.2, 0.25) is 0 Å². The monoisotopic (exact) mass is 151 g/mol. The molecule has 0 aromatic rings. The Morgan fingerprint density at radius 2 is 2.55 bits per heavy atom. The van der Waals surface area contributed by atoms with Crippen molar-refractivity contribution in [3.8, 4) is 0 Å². The van der Waals surface area contributed by atoms with E-state index in [0.29, 0.717) is 0 Å². The molecule has 1 fully saturated rings. The first-order chi connectivity index (χ1) is 5.36. The standard InChI is InChI=1S/C7H9N3O/c11-7-9-4-5-3-8-2-1-6(5)10-7/h4-5,8H,1-3H2. The average Bonchev–Trinajstić information content (AvgIpc) is 2.04. The maximum Gasteiger partial charge on any atom is 0.366 e. The third-order valence-corrected chi connectivity index (χ3v) is 1.95. The van der Waals surface area contributed by atoms with Crippen LogP contribution in [0, 0.1) is 5.92 Å². The van der Waals surface area contributed by atoms with Crippen LogP contribution >= 0.6 is 0 Å². The maximum absolute atomic E-state index is 10.7. The highest BCUT2D eigenvalue weighted by Gasteiger charge is 2.22. The second-order valence-corrected chi connectivity index (χ2v) is 2.72. The first-order valence-corrected chi connectivity index (χ1v) is 3.72. The number of aliphatic imine (C=N–C) groups is 2. The zero-order valence-electron chi connectivity index (χ0n) is 6.08. The van der Waals surface area contributed by atoms with Gasteiger partial charge in [0.15, 0.2) is 0 Å². The molecule has 2 amide bonds. The Morgan fingerprint density at radius 3 is 3.45 bits per heavy atom. The molecular weight excluding hydrogens is 142 g/mol. The van der Waals surface area contributed by atoms with Crippen molar-refractivity contribution in [3.63, 3.8) is 0 Å². The van der Waals surface area contributed by atoms with Crippen LogP contribution in [0.5, 0.6) is 0 Å². The van der Waals surface area contributed by atoms with Gasteiger partial charge < -0.3 is 5.32 Å². The summed E-state index contributed by atoms with van der Waals surface area (Å²) < 4.78 is 0. The molecule has 2 aliphatic heterocycles. The highest BCUT2D eigenvalue weighted by atomic mass is 16.2. The van der Waals surface area contributed by atoms with E-state index in [-0.39, 0.29) is 11.9 Å². The van der Waals surface area contributed by atoms with Gasteiger partial charge in [-0.25, -0.2) is 14.8 Å². The highest BCUT2D eigenvalue weighted by molar-refractivity contribution is 6.10. The summed E-state index contributed by atoms with van der Waals surface area (Å²) in [5, 5.41) is 3.22. The van der Waals surface area contributed by atoms with Gasteiger partial charge in [0.2, 0.25) is 0 Å². The van der Waals surface area contributed by atoms with Crippen LogP contribution in [0.25, 0.3) is 0 Å². The zero-order valence-corrected chi connectivity index (χ0v) is 6.08. The van der Waals surface area contributed by atoms with Crippen molar-refractivity contribution < 1.29 is 4.79 Å². The van der Waals surface area contributed by atoms with Crippen molar-refractivity contribution in [1.29, 1.82) is 0 Å². The minimum absolute atomic E-state index is 0.265. The van der Waals surface area contributed by atoms with Crippen LogP contribution < -0.4 is 5.32 Å². The van der Waals surface area contributed by atoms with E-state index in [9.17, 15) is 4.79 Å². The van der Waals surface area contributed by atoms with E-state index < -0.39 is 0 Å². The average molecular weight is 151 g/mol. The third kappa shape index (κ3) is 1.21. The second-order valence-electron chi connectivity index (χ2n) is 2.72. The van der Waals surface area contributed by atoms with Crippen LogP contribution in [0.4, 0.5) is 4.79 Å². The Kier molecular flexibility index (Phi) is 1.54. The van der Waals surface area contributed by atoms with Crippen LogP contribution in [0.1, 0.15) is 6.42 Å². The maximum atomic E-state index is 10.7. The number of nitrogens with zero attached hydrogens (tertiary/aromatic N) is 2. The fourth-order valence-corrected chi connectivity index (χ4v) is 1.36. The third-order valence-electron chi connectivity index (χ3n) is 1.95. The molecule has 0 aromatic carbocycles. The summed E-state index contributed by atoms with van der Waals surface area (Å²) in [5.41, 5.74) is 0.990. The molecule has 0 aliphatic carbocycles. The van der Waals surface area contributed by atoms with Crippen LogP contribution in [0.3, 0.4) is 0 Å². The lowest BCUT2D eigenvalue weighted by atomic mass is 9.97. The summed E-state index contributed by atoms with van der Waals surface area (Å²) in [6.07, 6.45) is 2.57. The van der Waals surface area contributed by atoms with E-state index in [1.807, 2.05) is 0 Å². The van der Waals surface area contributed by atoms with Crippen molar-refractivity contribution in [2.45, 2.75) is 6.42 Å². The molecule has 4 heteroatoms. The lowest BCUT2D eigenvalue weighted by molar-refractivity contribution is 0.256. The number of piperidine rings is 1. The van der Waals surface area contributed by atoms with E-state index in [0.717, 1.165) is 25.2 Å². The minimum atomic E-state index is -0.349. The Bertz CT molecular complexity index is 244. The smallest absolute Gasteiger partial charge is 0.315 e. The van der Waals surface area contributed by atoms with E-state index in [1.165, 1.54) is 0 Å². The van der Waals surface area contributed by atoms with Crippen LogP contribution in [-0.2, 0) is 0 Å². The molecule has 1 atom stereocenters. The van der Waals surface area contributed by atoms with Gasteiger partial charge >= 0.3 is 6.03 Å². The van der Waals surface area contributed by atoms with Crippen molar-refractivity contribution in [2.24, 2.45) is 15.9 Å². The normalized spacial score (nSPS) is 29.6. The van der Waals surface area contributed by atoms with Crippen molar-refractivity contribution in [3.05, 3.63) is 0 Å². The minimum Gasteiger partial charge on any atom is -0.315 e. The van der Waals surface area contributed by atoms with Gasteiger partial charge in [0.25, 0.3) is 0 Å². The Labute approximate surface area is 64.4 Å². The van der Waals surface area contributed by atoms with Gasteiger partial charge in [-0.15, -0.1) is 0 Å². The number of carbonyl (C=O) groups is 1. The number of hydrogen-bond acceptors (Lipinski definition) is 2. The molecule has 1 unspecified atom stereocenters. The highest BCUT2D eigenvalue weighted by Crippen LogP contribution is 2.10. The molecule has 2 aliphatic rings. The predicted molar refractivity (Wildman–Crippen MR) is 42.3 cm³/mol. The van der Waals surface area contributed by atoms with Gasteiger partial charge in [-0.3, -0.25) is 0 Å². The summed E-state index contributed by atoms with van der Waals surface area (Å²) in [6.45, 7) is 1.80. The number of urea groups is 1. The number of carbonyl (C=O) groups excluding carboxylic acids is 1. The molecule has 11 heavy (non-hydrogen) atoms. The quantitative estimate of drug-likeness (QED) is 0.539. The van der Waals surface area contributed by atoms with Crippen LogP contribution in [-0.4, -0.2) is 31.0 Å². The van der Waals surface area contributed by atoms with Gasteiger partial charge in [-0.1, -0.05) is 0 Å². The fraction of sp³-hybridized carbons (Fsp3) is 0.571. The number of nitrogens with one attached hydrogen (secondary N) is 1. The van der Waals surface area contributed by atoms with E-state index in [1.54, 1.807) is 6.21 Å². The summed E-state index contributed by atoms with van der Waals surface area (Å²) in [7, 11) is 0. The van der Waals surface area contributed by atoms with Crippen LogP contribution in [0.15, 0.2) is 9.98 Å². The molecule has 0 bridgehead atoms. The Hall–Kier alpha value is -1.03. The number of hydrogen-bond donors (Lipinski definition) is 1. The van der Waals surface area contributed by atoms with Gasteiger partial charge in [0.05, 0.1) is 0 Å². The molecule has 0 spiro atoms. The molecular formula is C7H9N3O. The molecule has 2 rings (SSSR count). The van der Waals surface area contributed by atoms with Crippen molar-refractivity contribution >= 4 is 18.0 Å². The molecule has 0 radical (unpaired) electrons. The van der Waals surface area contributed by atoms with E-state index in [2.05, 4.69) is 15.3 Å². The fourth-order valence-electron chi connectivity index (χ4n) is 1.36. The Morgan fingerprint density at radius 1 is 1.64 bits per heavy atom. The molecule has 1 N–H and O–H groups in total. The lowest BCUT2D eigenvalue weighted by Crippen LogP contribution is -2.39. The predicted octanol–water partition coefficient (Wildman–Crippen LogP) is 0.241. The molecule has 2 heterocycles. The summed E-state index contributed by atoms with van der Waals surface area (Å²) in [5.74, 6) is 0.265. The van der Waals surface area contributed by atoms with E-state index >= 15 is 0 Å². The second kappa shape index (κ2) is 2.54. The molecule has 4 nitrogen and oxygen atoms in total. The zero-order chi connectivity index (χ0) is 7.68. The summed E-state index contributed by atoms with van der Waals surface area (Å²) in [6, 6.07) is -0.349. The molecule has 0 saturated carbocycles. The topological polar surface area (TPSA) is 53.8 Å². The SMILES string of the molecule is O=C1N=CC2CNCCC2=N1. The van der Waals surface area contributed by atoms with Gasteiger partial charge in [-0.05, 0) is 6.42 Å². The molecule has 0 aromatic heterocycles. The summed E-state index contributed by atoms with van der Waals surface area (Å²) >= 11 is 0. The number of amides is 2. The Balaban J connectivity index is 2.21. The molecule has 58 valence electrons. The van der Waals surface area contributed by atoms with Gasteiger partial charge in [0, 0.05) is 30.9 Å². The van der Waals surface area contributed by atoms with Gasteiger partial charge in [-0.2, -0.15) is 0 Å².